The van der Waals surface area contributed by atoms with Crippen molar-refractivity contribution in [1.29, 1.82) is 0 Å². The molecule has 7 heteroatoms. The number of ether oxygens (including phenoxy) is 3. The Morgan fingerprint density at radius 1 is 1.54 bits per heavy atom. The Bertz CT molecular complexity index is 602. The lowest BCUT2D eigenvalue weighted by molar-refractivity contribution is -0.226. The molecule has 1 unspecified atom stereocenters. The maximum atomic E-state index is 11.7. The number of fused-ring (bicyclic) bond motifs is 2. The maximum absolute atomic E-state index is 11.7. The molecule has 134 valence electrons. The Morgan fingerprint density at radius 2 is 2.25 bits per heavy atom. The predicted molar refractivity (Wildman–Crippen MR) is 84.6 cm³/mol. The zero-order chi connectivity index (χ0) is 17.3. The smallest absolute Gasteiger partial charge is 0.321 e. The number of epoxide rings is 1. The van der Waals surface area contributed by atoms with Crippen LogP contribution in [-0.4, -0.2) is 65.3 Å². The van der Waals surface area contributed by atoms with Gasteiger partial charge in [0.15, 0.2) is 6.10 Å². The molecule has 1 saturated carbocycles. The van der Waals surface area contributed by atoms with Gasteiger partial charge in [0.1, 0.15) is 23.7 Å². The first-order chi connectivity index (χ1) is 11.4. The molecule has 3 fully saturated rings. The number of hydrogen-bond donors (Lipinski definition) is 2. The summed E-state index contributed by atoms with van der Waals surface area (Å²) >= 11 is 5.56. The average molecular weight is 359 g/mol. The van der Waals surface area contributed by atoms with Gasteiger partial charge in [0, 0.05) is 10.8 Å². The molecule has 2 bridgehead atoms. The molecule has 24 heavy (non-hydrogen) atoms. The summed E-state index contributed by atoms with van der Waals surface area (Å²) < 4.78 is 17.5. The van der Waals surface area contributed by atoms with Crippen LogP contribution in [0.25, 0.3) is 0 Å². The summed E-state index contributed by atoms with van der Waals surface area (Å²) in [5.74, 6) is -0.877. The van der Waals surface area contributed by atoms with E-state index < -0.39 is 40.7 Å². The van der Waals surface area contributed by atoms with E-state index in [0.29, 0.717) is 13.0 Å². The van der Waals surface area contributed by atoms with Crippen molar-refractivity contribution in [2.24, 2.45) is 10.8 Å². The molecule has 0 radical (unpaired) electrons. The van der Waals surface area contributed by atoms with Crippen LogP contribution >= 0.6 is 11.6 Å². The van der Waals surface area contributed by atoms with E-state index in [1.807, 2.05) is 19.9 Å². The first-order valence-electron chi connectivity index (χ1n) is 8.37. The second-order valence-corrected chi connectivity index (χ2v) is 7.99. The van der Waals surface area contributed by atoms with E-state index in [2.05, 4.69) is 0 Å². The first kappa shape index (κ1) is 16.8. The van der Waals surface area contributed by atoms with Gasteiger partial charge in [-0.1, -0.05) is 18.6 Å². The van der Waals surface area contributed by atoms with Gasteiger partial charge < -0.3 is 24.4 Å². The van der Waals surface area contributed by atoms with Gasteiger partial charge in [-0.25, -0.2) is 0 Å². The third-order valence-electron chi connectivity index (χ3n) is 6.93. The van der Waals surface area contributed by atoms with Crippen molar-refractivity contribution >= 4 is 17.6 Å². The number of carbonyl (C=O) groups excluding carboxylic acids is 1. The van der Waals surface area contributed by atoms with Crippen LogP contribution in [0.2, 0.25) is 0 Å². The number of alkyl halides is 1. The highest BCUT2D eigenvalue weighted by Crippen LogP contribution is 2.71. The zero-order valence-electron chi connectivity index (χ0n) is 13.8. The Hall–Kier alpha value is -0.660. The van der Waals surface area contributed by atoms with Crippen LogP contribution in [0, 0.1) is 10.8 Å². The Morgan fingerprint density at radius 3 is 2.83 bits per heavy atom. The highest BCUT2D eigenvalue weighted by Gasteiger charge is 2.85. The van der Waals surface area contributed by atoms with Crippen molar-refractivity contribution in [3.8, 4) is 0 Å². The average Bonchev–Trinajstić information content (AvgIpc) is 3.35. The number of carbonyl (C=O) groups is 1. The molecule has 2 aliphatic heterocycles. The highest BCUT2D eigenvalue weighted by atomic mass is 35.5. The van der Waals surface area contributed by atoms with Crippen molar-refractivity contribution in [2.75, 3.05) is 19.1 Å². The number of esters is 1. The second kappa shape index (κ2) is 5.17. The van der Waals surface area contributed by atoms with Gasteiger partial charge in [-0.05, 0) is 19.8 Å². The summed E-state index contributed by atoms with van der Waals surface area (Å²) in [6.45, 7) is 4.28. The van der Waals surface area contributed by atoms with Crippen LogP contribution in [0.5, 0.6) is 0 Å². The molecule has 2 saturated heterocycles. The van der Waals surface area contributed by atoms with Crippen LogP contribution in [0.15, 0.2) is 11.6 Å². The van der Waals surface area contributed by atoms with Crippen LogP contribution in [0.4, 0.5) is 0 Å². The van der Waals surface area contributed by atoms with Gasteiger partial charge in [0.2, 0.25) is 0 Å². The normalized spacial score (nSPS) is 52.0. The Kier molecular flexibility index (Phi) is 3.62. The number of aliphatic hydroxyl groups excluding tert-OH is 2. The minimum atomic E-state index is -0.985. The van der Waals surface area contributed by atoms with Gasteiger partial charge in [0.25, 0.3) is 0 Å². The van der Waals surface area contributed by atoms with Crippen molar-refractivity contribution in [1.82, 2.24) is 0 Å². The fourth-order valence-electron chi connectivity index (χ4n) is 5.34. The van der Waals surface area contributed by atoms with Crippen molar-refractivity contribution in [3.63, 3.8) is 0 Å². The number of allylic oxidation sites excluding steroid dienone is 1. The summed E-state index contributed by atoms with van der Waals surface area (Å²) in [6.07, 6.45) is 0.825. The fraction of sp³-hybridized carbons (Fsp3) is 0.824. The van der Waals surface area contributed by atoms with E-state index in [9.17, 15) is 15.0 Å². The summed E-state index contributed by atoms with van der Waals surface area (Å²) in [6, 6.07) is 0. The molecule has 2 aliphatic carbocycles. The molecule has 2 heterocycles. The largest absolute Gasteiger partial charge is 0.456 e. The quantitative estimate of drug-likeness (QED) is 0.335. The van der Waals surface area contributed by atoms with E-state index in [1.54, 1.807) is 0 Å². The van der Waals surface area contributed by atoms with E-state index >= 15 is 0 Å². The molecular formula is C17H23ClO6. The van der Waals surface area contributed by atoms with E-state index in [0.717, 1.165) is 6.42 Å². The van der Waals surface area contributed by atoms with Gasteiger partial charge in [-0.2, -0.15) is 0 Å². The van der Waals surface area contributed by atoms with Crippen molar-refractivity contribution < 1.29 is 29.2 Å². The van der Waals surface area contributed by atoms with Crippen molar-refractivity contribution in [2.45, 2.75) is 56.7 Å². The molecule has 4 aliphatic rings. The van der Waals surface area contributed by atoms with Crippen LogP contribution in [0.3, 0.4) is 0 Å². The van der Waals surface area contributed by atoms with Crippen LogP contribution in [0.1, 0.15) is 26.7 Å². The lowest BCUT2D eigenvalue weighted by Crippen LogP contribution is -2.66. The maximum Gasteiger partial charge on any atom is 0.321 e. The summed E-state index contributed by atoms with van der Waals surface area (Å²) in [7, 11) is 0. The Balaban J connectivity index is 1.82. The monoisotopic (exact) mass is 358 g/mol. The molecular weight excluding hydrogens is 336 g/mol. The standard InChI is InChI=1S/C17H23ClO6/c1-9-3-4-16(7-19)10(5-9)23-14-12(24-11(20)6-18)13(21)15(16,2)17(14)8-22-17/h5,10,12-14,19,21H,3-4,6-8H2,1-2H3/t10-,12-,13-,14-,15-,16?,17-/m1/s1. The van der Waals surface area contributed by atoms with Crippen molar-refractivity contribution in [3.05, 3.63) is 11.6 Å². The van der Waals surface area contributed by atoms with Gasteiger partial charge in [-0.3, -0.25) is 4.79 Å². The third kappa shape index (κ3) is 1.73. The van der Waals surface area contributed by atoms with E-state index in [1.165, 1.54) is 5.57 Å². The summed E-state index contributed by atoms with van der Waals surface area (Å²) in [5.41, 5.74) is -0.955. The third-order valence-corrected chi connectivity index (χ3v) is 7.15. The van der Waals surface area contributed by atoms with E-state index in [4.69, 9.17) is 25.8 Å². The van der Waals surface area contributed by atoms with Gasteiger partial charge >= 0.3 is 5.97 Å². The molecule has 0 aromatic carbocycles. The SMILES string of the molecule is CC1=C[C@H]2O[C@@H]3[C@H](OC(=O)CCl)[C@@H](O)[C@](C)(C2(CO)CC1)[C@@]31CO1. The molecule has 6 nitrogen and oxygen atoms in total. The number of aliphatic hydroxyl groups is 2. The predicted octanol–water partition coefficient (Wildman–Crippen LogP) is 0.773. The van der Waals surface area contributed by atoms with Crippen LogP contribution < -0.4 is 0 Å². The molecule has 4 rings (SSSR count). The topological polar surface area (TPSA) is 88.5 Å². The molecule has 1 spiro atoms. The lowest BCUT2D eigenvalue weighted by Gasteiger charge is -2.57. The molecule has 0 aromatic rings. The summed E-state index contributed by atoms with van der Waals surface area (Å²) in [4.78, 5) is 11.7. The minimum Gasteiger partial charge on any atom is -0.456 e. The molecule has 2 N–H and O–H groups in total. The minimum absolute atomic E-state index is 0.122. The second-order valence-electron chi connectivity index (χ2n) is 7.72. The number of hydrogen-bond acceptors (Lipinski definition) is 6. The van der Waals surface area contributed by atoms with Crippen LogP contribution in [-0.2, 0) is 19.0 Å². The number of rotatable bonds is 3. The zero-order valence-corrected chi connectivity index (χ0v) is 14.6. The highest BCUT2D eigenvalue weighted by molar-refractivity contribution is 6.26. The molecule has 0 aromatic heterocycles. The fourth-order valence-corrected chi connectivity index (χ4v) is 5.40. The molecule has 7 atom stereocenters. The first-order valence-corrected chi connectivity index (χ1v) is 8.91. The summed E-state index contributed by atoms with van der Waals surface area (Å²) in [5, 5.41) is 21.5. The van der Waals surface area contributed by atoms with Gasteiger partial charge in [0.05, 0.1) is 19.3 Å². The van der Waals surface area contributed by atoms with Gasteiger partial charge in [-0.15, -0.1) is 11.6 Å². The number of halogens is 1. The van der Waals surface area contributed by atoms with E-state index in [-0.39, 0.29) is 18.6 Å². The lowest BCUT2D eigenvalue weighted by atomic mass is 9.51. The Labute approximate surface area is 145 Å². The molecule has 0 amide bonds.